The smallest absolute Gasteiger partial charge is 0.324 e. The maximum absolute atomic E-state index is 11.7. The zero-order valence-corrected chi connectivity index (χ0v) is 15.5. The van der Waals surface area contributed by atoms with Crippen LogP contribution in [0.1, 0.15) is 70.6 Å². The first kappa shape index (κ1) is 20.7. The van der Waals surface area contributed by atoms with Crippen LogP contribution in [0.3, 0.4) is 0 Å². The number of amides is 3. The van der Waals surface area contributed by atoms with E-state index in [2.05, 4.69) is 5.32 Å². The molecule has 3 aliphatic rings. The molecule has 1 aliphatic heterocycles. The number of rotatable bonds is 10. The molecule has 3 unspecified atom stereocenters. The molecule has 3 rings (SSSR count). The number of carboxylic acids is 1. The Morgan fingerprint density at radius 3 is 2.31 bits per heavy atom. The van der Waals surface area contributed by atoms with Crippen LogP contribution in [0, 0.1) is 11.8 Å². The van der Waals surface area contributed by atoms with Crippen LogP contribution in [0.15, 0.2) is 0 Å². The Morgan fingerprint density at radius 2 is 1.77 bits per heavy atom. The number of fused-ring (bicyclic) bond motifs is 1. The highest BCUT2D eigenvalue weighted by Gasteiger charge is 2.40. The van der Waals surface area contributed by atoms with Gasteiger partial charge in [-0.1, -0.05) is 38.5 Å². The number of aliphatic hydroxyl groups excluding tert-OH is 1. The molecule has 0 aromatic carbocycles. The fraction of sp³-hybridized carbons (Fsp3) is 0.842. The number of urea groups is 1. The largest absolute Gasteiger partial charge is 0.481 e. The molecule has 3 fully saturated rings. The van der Waals surface area contributed by atoms with Gasteiger partial charge in [-0.25, -0.2) is 4.79 Å². The highest BCUT2D eigenvalue weighted by Crippen LogP contribution is 2.51. The number of imide groups is 1. The molecule has 3 amide bonds. The van der Waals surface area contributed by atoms with E-state index in [0.717, 1.165) is 19.3 Å². The van der Waals surface area contributed by atoms with Crippen molar-refractivity contribution >= 4 is 17.9 Å². The number of nitrogens with one attached hydrogen (secondary N) is 1. The molecule has 7 nitrogen and oxygen atoms in total. The van der Waals surface area contributed by atoms with Crippen molar-refractivity contribution in [3.05, 3.63) is 0 Å². The van der Waals surface area contributed by atoms with E-state index < -0.39 is 12.0 Å². The Morgan fingerprint density at radius 1 is 1.08 bits per heavy atom. The number of nitrogens with zero attached hydrogens (tertiary/aromatic N) is 1. The van der Waals surface area contributed by atoms with Gasteiger partial charge < -0.3 is 15.1 Å². The van der Waals surface area contributed by atoms with Crippen molar-refractivity contribution in [1.29, 1.82) is 0 Å². The minimum atomic E-state index is -0.791. The van der Waals surface area contributed by atoms with Crippen molar-refractivity contribution < 1.29 is 24.6 Å². The van der Waals surface area contributed by atoms with E-state index >= 15 is 0 Å². The summed E-state index contributed by atoms with van der Waals surface area (Å²) in [6, 6.07) is -0.840. The van der Waals surface area contributed by atoms with Crippen LogP contribution in [0.25, 0.3) is 0 Å². The zero-order valence-electron chi connectivity index (χ0n) is 15.5. The van der Waals surface area contributed by atoms with Gasteiger partial charge in [0.15, 0.2) is 0 Å². The van der Waals surface area contributed by atoms with Crippen molar-refractivity contribution in [2.24, 2.45) is 11.8 Å². The van der Waals surface area contributed by atoms with Gasteiger partial charge >= 0.3 is 12.0 Å². The van der Waals surface area contributed by atoms with E-state index in [-0.39, 0.29) is 25.0 Å². The second kappa shape index (κ2) is 10.5. The van der Waals surface area contributed by atoms with Gasteiger partial charge in [0.1, 0.15) is 6.04 Å². The average molecular weight is 368 g/mol. The Bertz CT molecular complexity index is 488. The van der Waals surface area contributed by atoms with Crippen LogP contribution >= 0.6 is 0 Å². The molecule has 0 aromatic heterocycles. The van der Waals surface area contributed by atoms with Gasteiger partial charge in [0.2, 0.25) is 0 Å². The standard InChI is InChI=1S/C13H22N2O5.C6H10/c16-9-5-8-15-10(12(19)14-13(15)20)6-3-1-2-4-7-11(17)18;1-2-5-4-6(5)3-1/h10,16H,1-9H2,(H,17,18)(H,14,19,20);5-6H,1-4H2. The molecule has 0 bridgehead atoms. The molecule has 1 saturated heterocycles. The minimum absolute atomic E-state index is 0.0140. The molecule has 0 spiro atoms. The molecule has 0 aromatic rings. The second-order valence-electron chi connectivity index (χ2n) is 7.61. The predicted molar refractivity (Wildman–Crippen MR) is 96.5 cm³/mol. The molecule has 26 heavy (non-hydrogen) atoms. The van der Waals surface area contributed by atoms with Crippen molar-refractivity contribution in [3.8, 4) is 0 Å². The van der Waals surface area contributed by atoms with Gasteiger partial charge in [-0.05, 0) is 37.5 Å². The lowest BCUT2D eigenvalue weighted by Gasteiger charge is -2.21. The summed E-state index contributed by atoms with van der Waals surface area (Å²) in [6.45, 7) is 0.359. The van der Waals surface area contributed by atoms with Crippen LogP contribution in [0.5, 0.6) is 0 Å². The van der Waals surface area contributed by atoms with E-state index in [0.29, 0.717) is 25.8 Å². The maximum atomic E-state index is 11.7. The Hall–Kier alpha value is -1.63. The summed E-state index contributed by atoms with van der Waals surface area (Å²) in [5.41, 5.74) is 0. The molecule has 0 radical (unpaired) electrons. The van der Waals surface area contributed by atoms with Crippen LogP contribution in [-0.4, -0.2) is 52.2 Å². The lowest BCUT2D eigenvalue weighted by atomic mass is 10.1. The first-order chi connectivity index (χ1) is 12.5. The quantitative estimate of drug-likeness (QED) is 0.406. The first-order valence-corrected chi connectivity index (χ1v) is 9.97. The van der Waals surface area contributed by atoms with Gasteiger partial charge in [0, 0.05) is 19.6 Å². The summed E-state index contributed by atoms with van der Waals surface area (Å²) in [5, 5.41) is 19.6. The monoisotopic (exact) mass is 368 g/mol. The first-order valence-electron chi connectivity index (χ1n) is 9.97. The van der Waals surface area contributed by atoms with Crippen molar-refractivity contribution in [2.45, 2.75) is 76.7 Å². The van der Waals surface area contributed by atoms with E-state index in [9.17, 15) is 14.4 Å². The maximum Gasteiger partial charge on any atom is 0.324 e. The molecule has 3 atom stereocenters. The number of aliphatic carboxylic acids is 1. The molecule has 2 aliphatic carbocycles. The highest BCUT2D eigenvalue weighted by atomic mass is 16.4. The minimum Gasteiger partial charge on any atom is -0.481 e. The van der Waals surface area contributed by atoms with Crippen LogP contribution in [0.2, 0.25) is 0 Å². The van der Waals surface area contributed by atoms with E-state index in [4.69, 9.17) is 10.2 Å². The summed E-state index contributed by atoms with van der Waals surface area (Å²) in [6.07, 6.45) is 10.5. The molecule has 2 saturated carbocycles. The molecule has 1 heterocycles. The second-order valence-corrected chi connectivity index (χ2v) is 7.61. The predicted octanol–water partition coefficient (Wildman–Crippen LogP) is 2.52. The number of hydrogen-bond acceptors (Lipinski definition) is 4. The van der Waals surface area contributed by atoms with Crippen molar-refractivity contribution in [1.82, 2.24) is 10.2 Å². The Labute approximate surface area is 155 Å². The molecular weight excluding hydrogens is 336 g/mol. The van der Waals surface area contributed by atoms with Gasteiger partial charge in [0.25, 0.3) is 5.91 Å². The number of hydrogen-bond donors (Lipinski definition) is 3. The van der Waals surface area contributed by atoms with Crippen molar-refractivity contribution in [2.75, 3.05) is 13.2 Å². The number of carbonyl (C=O) groups excluding carboxylic acids is 2. The SMILES string of the molecule is C1CC2CC2C1.O=C(O)CCCCCCC1C(=O)NC(=O)N1CCCO. The van der Waals surface area contributed by atoms with Gasteiger partial charge in [-0.2, -0.15) is 0 Å². The van der Waals surface area contributed by atoms with E-state index in [1.54, 1.807) is 19.3 Å². The van der Waals surface area contributed by atoms with E-state index in [1.165, 1.54) is 23.2 Å². The summed E-state index contributed by atoms with van der Waals surface area (Å²) >= 11 is 0. The Balaban J connectivity index is 0.000000331. The zero-order chi connectivity index (χ0) is 18.9. The number of carbonyl (C=O) groups is 3. The normalized spacial score (nSPS) is 26.2. The Kier molecular flexibility index (Phi) is 8.35. The van der Waals surface area contributed by atoms with Gasteiger partial charge in [-0.3, -0.25) is 14.9 Å². The topological polar surface area (TPSA) is 107 Å². The number of unbranched alkanes of at least 4 members (excludes halogenated alkanes) is 3. The molecule has 3 N–H and O–H groups in total. The number of aliphatic hydroxyl groups is 1. The number of carboxylic acid groups (broad SMARTS) is 1. The molecule has 7 heteroatoms. The third-order valence-electron chi connectivity index (χ3n) is 5.56. The molecule has 148 valence electrons. The van der Waals surface area contributed by atoms with Gasteiger partial charge in [0.05, 0.1) is 0 Å². The third-order valence-corrected chi connectivity index (χ3v) is 5.56. The summed E-state index contributed by atoms with van der Waals surface area (Å²) in [5.74, 6) is 1.36. The fourth-order valence-electron chi connectivity index (χ4n) is 3.96. The third kappa shape index (κ3) is 6.59. The van der Waals surface area contributed by atoms with Crippen LogP contribution < -0.4 is 5.32 Å². The average Bonchev–Trinajstić information content (AvgIpc) is 3.10. The molecular formula is C19H32N2O5. The summed E-state index contributed by atoms with van der Waals surface area (Å²) < 4.78 is 0. The fourth-order valence-corrected chi connectivity index (χ4v) is 3.96. The van der Waals surface area contributed by atoms with Crippen LogP contribution in [0.4, 0.5) is 4.79 Å². The summed E-state index contributed by atoms with van der Waals surface area (Å²) in [4.78, 5) is 35.0. The van der Waals surface area contributed by atoms with Crippen molar-refractivity contribution in [3.63, 3.8) is 0 Å². The lowest BCUT2D eigenvalue weighted by Crippen LogP contribution is -2.36. The van der Waals surface area contributed by atoms with E-state index in [1.807, 2.05) is 0 Å². The summed E-state index contributed by atoms with van der Waals surface area (Å²) in [7, 11) is 0. The highest BCUT2D eigenvalue weighted by molar-refractivity contribution is 6.04. The van der Waals surface area contributed by atoms with Gasteiger partial charge in [-0.15, -0.1) is 0 Å². The lowest BCUT2D eigenvalue weighted by molar-refractivity contribution is -0.137. The van der Waals surface area contributed by atoms with Crippen LogP contribution in [-0.2, 0) is 9.59 Å².